The zero-order valence-corrected chi connectivity index (χ0v) is 13.6. The summed E-state index contributed by atoms with van der Waals surface area (Å²) in [4.78, 5) is 4.30. The molecule has 0 spiro atoms. The highest BCUT2D eigenvalue weighted by atomic mass is 19.4. The van der Waals surface area contributed by atoms with Crippen LogP contribution in [-0.4, -0.2) is 25.1 Å². The SMILES string of the molecule is NC1(c2noc(-c3cn(-c4cccc(C(F)(F)F)c4)nn3)n2)CCCC1. The second-order valence-corrected chi connectivity index (χ2v) is 6.38. The maximum absolute atomic E-state index is 12.9. The van der Waals surface area contributed by atoms with Crippen LogP contribution in [0.15, 0.2) is 35.0 Å². The molecule has 2 heterocycles. The Morgan fingerprint density at radius 2 is 1.96 bits per heavy atom. The predicted octanol–water partition coefficient (Wildman–Crippen LogP) is 3.06. The Labute approximate surface area is 146 Å². The van der Waals surface area contributed by atoms with Gasteiger partial charge in [-0.15, -0.1) is 5.10 Å². The fourth-order valence-corrected chi connectivity index (χ4v) is 3.07. The third-order valence-electron chi connectivity index (χ3n) is 4.52. The molecule has 1 aliphatic rings. The summed E-state index contributed by atoms with van der Waals surface area (Å²) in [7, 11) is 0. The molecular weight excluding hydrogens is 349 g/mol. The molecule has 3 aromatic rings. The monoisotopic (exact) mass is 364 g/mol. The van der Waals surface area contributed by atoms with Crippen LogP contribution in [0.3, 0.4) is 0 Å². The summed E-state index contributed by atoms with van der Waals surface area (Å²) in [5.74, 6) is 0.550. The smallest absolute Gasteiger partial charge is 0.332 e. The molecule has 1 fully saturated rings. The Morgan fingerprint density at radius 3 is 2.69 bits per heavy atom. The Morgan fingerprint density at radius 1 is 1.19 bits per heavy atom. The lowest BCUT2D eigenvalue weighted by Gasteiger charge is -2.17. The number of hydrogen-bond donors (Lipinski definition) is 1. The number of aromatic nitrogens is 5. The molecule has 1 saturated carbocycles. The summed E-state index contributed by atoms with van der Waals surface area (Å²) in [6.07, 6.45) is 0.576. The molecular formula is C16H15F3N6O. The lowest BCUT2D eigenvalue weighted by atomic mass is 9.99. The minimum atomic E-state index is -4.43. The van der Waals surface area contributed by atoms with Crippen LogP contribution < -0.4 is 5.73 Å². The highest BCUT2D eigenvalue weighted by Crippen LogP contribution is 2.35. The van der Waals surface area contributed by atoms with E-state index < -0.39 is 17.3 Å². The lowest BCUT2D eigenvalue weighted by molar-refractivity contribution is -0.137. The molecule has 7 nitrogen and oxygen atoms in total. The van der Waals surface area contributed by atoms with Gasteiger partial charge in [0.1, 0.15) is 0 Å². The van der Waals surface area contributed by atoms with Gasteiger partial charge in [-0.05, 0) is 31.0 Å². The highest BCUT2D eigenvalue weighted by molar-refractivity contribution is 5.46. The van der Waals surface area contributed by atoms with Gasteiger partial charge in [0.05, 0.1) is 23.0 Å². The maximum Gasteiger partial charge on any atom is 0.416 e. The Balaban J connectivity index is 1.62. The van der Waals surface area contributed by atoms with Crippen LogP contribution >= 0.6 is 0 Å². The molecule has 10 heteroatoms. The summed E-state index contributed by atoms with van der Waals surface area (Å²) in [5.41, 5.74) is 5.42. The van der Waals surface area contributed by atoms with E-state index in [1.54, 1.807) is 0 Å². The van der Waals surface area contributed by atoms with Crippen LogP contribution in [0, 0.1) is 0 Å². The number of hydrogen-bond acceptors (Lipinski definition) is 6. The van der Waals surface area contributed by atoms with Crippen molar-refractivity contribution in [3.63, 3.8) is 0 Å². The Bertz CT molecular complexity index is 926. The predicted molar refractivity (Wildman–Crippen MR) is 84.0 cm³/mol. The zero-order valence-electron chi connectivity index (χ0n) is 13.6. The van der Waals surface area contributed by atoms with Crippen molar-refractivity contribution in [2.75, 3.05) is 0 Å². The van der Waals surface area contributed by atoms with E-state index in [1.807, 2.05) is 0 Å². The van der Waals surface area contributed by atoms with Crippen molar-refractivity contribution in [1.29, 1.82) is 0 Å². The summed E-state index contributed by atoms with van der Waals surface area (Å²) in [6.45, 7) is 0. The highest BCUT2D eigenvalue weighted by Gasteiger charge is 2.36. The molecule has 0 bridgehead atoms. The summed E-state index contributed by atoms with van der Waals surface area (Å²) in [5, 5.41) is 11.7. The molecule has 0 unspecified atom stereocenters. The van der Waals surface area contributed by atoms with Gasteiger partial charge in [-0.25, -0.2) is 4.68 Å². The van der Waals surface area contributed by atoms with E-state index in [1.165, 1.54) is 23.0 Å². The molecule has 2 aromatic heterocycles. The van der Waals surface area contributed by atoms with Crippen LogP contribution in [0.1, 0.15) is 37.1 Å². The van der Waals surface area contributed by atoms with Gasteiger partial charge in [0.25, 0.3) is 5.89 Å². The van der Waals surface area contributed by atoms with Gasteiger partial charge in [0.15, 0.2) is 11.5 Å². The van der Waals surface area contributed by atoms with E-state index in [0.29, 0.717) is 5.82 Å². The first-order chi connectivity index (χ1) is 12.4. The standard InChI is InChI=1S/C16H15F3N6O/c17-16(18,19)10-4-3-5-11(8-10)25-9-12(22-24-25)13-21-14(23-26-13)15(20)6-1-2-7-15/h3-5,8-9H,1-2,6-7,20H2. The molecule has 1 aromatic carbocycles. The molecule has 4 rings (SSSR count). The molecule has 2 N–H and O–H groups in total. The first-order valence-electron chi connectivity index (χ1n) is 8.09. The maximum atomic E-state index is 12.9. The van der Waals surface area contributed by atoms with E-state index in [-0.39, 0.29) is 17.3 Å². The van der Waals surface area contributed by atoms with Crippen LogP contribution in [0.5, 0.6) is 0 Å². The minimum absolute atomic E-state index is 0.134. The van der Waals surface area contributed by atoms with Crippen molar-refractivity contribution >= 4 is 0 Å². The Hall–Kier alpha value is -2.75. The number of benzene rings is 1. The number of nitrogens with two attached hydrogens (primary N) is 1. The van der Waals surface area contributed by atoms with Gasteiger partial charge in [0, 0.05) is 0 Å². The molecule has 0 saturated heterocycles. The molecule has 1 aliphatic carbocycles. The normalized spacial score (nSPS) is 16.9. The van der Waals surface area contributed by atoms with Crippen molar-refractivity contribution < 1.29 is 17.7 Å². The second kappa shape index (κ2) is 5.90. The molecule has 0 amide bonds. The van der Waals surface area contributed by atoms with Gasteiger partial charge in [0.2, 0.25) is 0 Å². The van der Waals surface area contributed by atoms with E-state index in [0.717, 1.165) is 37.8 Å². The number of rotatable bonds is 3. The number of nitrogens with zero attached hydrogens (tertiary/aromatic N) is 5. The number of alkyl halides is 3. The summed E-state index contributed by atoms with van der Waals surface area (Å²) in [6, 6.07) is 4.79. The zero-order chi connectivity index (χ0) is 18.4. The Kier molecular flexibility index (Phi) is 3.79. The van der Waals surface area contributed by atoms with Gasteiger partial charge >= 0.3 is 6.18 Å². The molecule has 0 radical (unpaired) electrons. The van der Waals surface area contributed by atoms with E-state index in [9.17, 15) is 13.2 Å². The van der Waals surface area contributed by atoms with Crippen LogP contribution in [0.25, 0.3) is 17.3 Å². The minimum Gasteiger partial charge on any atom is -0.332 e. The largest absolute Gasteiger partial charge is 0.416 e. The van der Waals surface area contributed by atoms with Gasteiger partial charge in [-0.1, -0.05) is 29.3 Å². The van der Waals surface area contributed by atoms with Crippen molar-refractivity contribution in [1.82, 2.24) is 25.1 Å². The average molecular weight is 364 g/mol. The average Bonchev–Trinajstić information content (AvgIpc) is 3.34. The quantitative estimate of drug-likeness (QED) is 0.767. The molecule has 26 heavy (non-hydrogen) atoms. The van der Waals surface area contributed by atoms with E-state index >= 15 is 0 Å². The van der Waals surface area contributed by atoms with E-state index in [2.05, 4.69) is 20.5 Å². The van der Waals surface area contributed by atoms with Crippen molar-refractivity contribution in [2.45, 2.75) is 37.4 Å². The molecule has 136 valence electrons. The van der Waals surface area contributed by atoms with Crippen molar-refractivity contribution in [3.05, 3.63) is 41.9 Å². The summed E-state index contributed by atoms with van der Waals surface area (Å²) >= 11 is 0. The third-order valence-corrected chi connectivity index (χ3v) is 4.52. The van der Waals surface area contributed by atoms with Crippen LogP contribution in [0.2, 0.25) is 0 Å². The fourth-order valence-electron chi connectivity index (χ4n) is 3.07. The fraction of sp³-hybridized carbons (Fsp3) is 0.375. The molecule has 0 atom stereocenters. The van der Waals surface area contributed by atoms with Crippen molar-refractivity contribution in [3.8, 4) is 17.3 Å². The van der Waals surface area contributed by atoms with Gasteiger partial charge < -0.3 is 10.3 Å². The first-order valence-corrected chi connectivity index (χ1v) is 8.09. The first kappa shape index (κ1) is 16.7. The van der Waals surface area contributed by atoms with Crippen LogP contribution in [-0.2, 0) is 11.7 Å². The lowest BCUT2D eigenvalue weighted by Crippen LogP contribution is -2.34. The van der Waals surface area contributed by atoms with Gasteiger partial charge in [-0.2, -0.15) is 18.2 Å². The summed E-state index contributed by atoms with van der Waals surface area (Å²) < 4.78 is 45.0. The molecule has 0 aliphatic heterocycles. The van der Waals surface area contributed by atoms with Crippen LogP contribution in [0.4, 0.5) is 13.2 Å². The van der Waals surface area contributed by atoms with Crippen molar-refractivity contribution in [2.24, 2.45) is 5.73 Å². The third kappa shape index (κ3) is 2.96. The van der Waals surface area contributed by atoms with Gasteiger partial charge in [-0.3, -0.25) is 0 Å². The van der Waals surface area contributed by atoms with E-state index in [4.69, 9.17) is 10.3 Å². The topological polar surface area (TPSA) is 95.7 Å². The second-order valence-electron chi connectivity index (χ2n) is 6.38. The number of halogens is 3.